The lowest BCUT2D eigenvalue weighted by atomic mass is 10.2. The first-order chi connectivity index (χ1) is 7.78. The summed E-state index contributed by atoms with van der Waals surface area (Å²) in [4.78, 5) is 11.8. The van der Waals surface area contributed by atoms with E-state index in [0.29, 0.717) is 12.5 Å². The molecule has 88 valence electrons. The highest BCUT2D eigenvalue weighted by atomic mass is 16.5. The lowest BCUT2D eigenvalue weighted by Crippen LogP contribution is -2.20. The van der Waals surface area contributed by atoms with Crippen LogP contribution in [0.15, 0.2) is 0 Å². The third-order valence-electron chi connectivity index (χ3n) is 2.33. The van der Waals surface area contributed by atoms with Crippen molar-refractivity contribution in [3.05, 3.63) is 0 Å². The molecule has 1 aliphatic heterocycles. The summed E-state index contributed by atoms with van der Waals surface area (Å²) in [5, 5.41) is 3.05. The average Bonchev–Trinajstić information content (AvgIpc) is 2.78. The molecule has 1 aromatic heterocycles. The van der Waals surface area contributed by atoms with Crippen molar-refractivity contribution < 1.29 is 9.47 Å². The van der Waals surface area contributed by atoms with E-state index in [1.165, 1.54) is 7.11 Å². The summed E-state index contributed by atoms with van der Waals surface area (Å²) < 4.78 is 10.4. The number of ether oxygens (including phenoxy) is 2. The Bertz CT molecular complexity index is 354. The van der Waals surface area contributed by atoms with Gasteiger partial charge in [0, 0.05) is 13.2 Å². The fraction of sp³-hybridized carbons (Fsp3) is 0.667. The highest BCUT2D eigenvalue weighted by Gasteiger charge is 2.15. The van der Waals surface area contributed by atoms with Gasteiger partial charge < -0.3 is 20.5 Å². The van der Waals surface area contributed by atoms with Gasteiger partial charge in [0.25, 0.3) is 0 Å². The highest BCUT2D eigenvalue weighted by Crippen LogP contribution is 2.13. The van der Waals surface area contributed by atoms with E-state index >= 15 is 0 Å². The molecular formula is C9H15N5O2. The van der Waals surface area contributed by atoms with Crippen molar-refractivity contribution in [3.63, 3.8) is 0 Å². The fourth-order valence-corrected chi connectivity index (χ4v) is 1.55. The quantitative estimate of drug-likeness (QED) is 0.747. The zero-order chi connectivity index (χ0) is 11.4. The van der Waals surface area contributed by atoms with Gasteiger partial charge in [0.2, 0.25) is 11.9 Å². The molecule has 3 N–H and O–H groups in total. The summed E-state index contributed by atoms with van der Waals surface area (Å²) in [6.45, 7) is 1.50. The summed E-state index contributed by atoms with van der Waals surface area (Å²) in [5.41, 5.74) is 5.51. The van der Waals surface area contributed by atoms with Crippen LogP contribution in [-0.2, 0) is 4.74 Å². The first-order valence-corrected chi connectivity index (χ1v) is 5.19. The lowest BCUT2D eigenvalue weighted by Gasteiger charge is -2.10. The van der Waals surface area contributed by atoms with E-state index in [9.17, 15) is 0 Å². The van der Waals surface area contributed by atoms with Crippen molar-refractivity contribution >= 4 is 11.9 Å². The minimum Gasteiger partial charge on any atom is -0.467 e. The maximum Gasteiger partial charge on any atom is 0.322 e. The van der Waals surface area contributed by atoms with Gasteiger partial charge >= 0.3 is 6.01 Å². The summed E-state index contributed by atoms with van der Waals surface area (Å²) in [7, 11) is 1.48. The van der Waals surface area contributed by atoms with E-state index in [1.807, 2.05) is 0 Å². The Labute approximate surface area is 93.4 Å². The van der Waals surface area contributed by atoms with Crippen LogP contribution in [0, 0.1) is 0 Å². The fourth-order valence-electron chi connectivity index (χ4n) is 1.55. The SMILES string of the molecule is COc1nc(N)nc(NCC2CCCO2)n1. The van der Waals surface area contributed by atoms with Crippen LogP contribution in [0.2, 0.25) is 0 Å². The molecule has 1 saturated heterocycles. The maximum atomic E-state index is 5.51. The minimum absolute atomic E-state index is 0.140. The number of hydrogen-bond acceptors (Lipinski definition) is 7. The van der Waals surface area contributed by atoms with Gasteiger partial charge in [0.15, 0.2) is 0 Å². The first-order valence-electron chi connectivity index (χ1n) is 5.19. The second-order valence-corrected chi connectivity index (χ2v) is 3.52. The van der Waals surface area contributed by atoms with Crippen molar-refractivity contribution in [2.75, 3.05) is 31.3 Å². The molecule has 0 saturated carbocycles. The predicted octanol–water partition coefficient (Wildman–Crippen LogP) is 0.0533. The second-order valence-electron chi connectivity index (χ2n) is 3.52. The van der Waals surface area contributed by atoms with Crippen LogP contribution in [0.3, 0.4) is 0 Å². The van der Waals surface area contributed by atoms with Crippen LogP contribution in [0.1, 0.15) is 12.8 Å². The average molecular weight is 225 g/mol. The van der Waals surface area contributed by atoms with Gasteiger partial charge in [-0.3, -0.25) is 0 Å². The van der Waals surface area contributed by atoms with Crippen molar-refractivity contribution in [2.24, 2.45) is 0 Å². The van der Waals surface area contributed by atoms with Crippen molar-refractivity contribution in [2.45, 2.75) is 18.9 Å². The summed E-state index contributed by atoms with van der Waals surface area (Å²) >= 11 is 0. The zero-order valence-electron chi connectivity index (χ0n) is 9.14. The maximum absolute atomic E-state index is 5.51. The molecule has 1 fully saturated rings. The normalized spacial score (nSPS) is 19.7. The molecule has 1 atom stereocenters. The molecule has 1 aromatic rings. The minimum atomic E-state index is 0.140. The number of nitrogens with two attached hydrogens (primary N) is 1. The number of nitrogen functional groups attached to an aromatic ring is 1. The Morgan fingerprint density at radius 2 is 2.38 bits per heavy atom. The van der Waals surface area contributed by atoms with Gasteiger partial charge in [-0.15, -0.1) is 0 Å². The molecule has 0 radical (unpaired) electrons. The van der Waals surface area contributed by atoms with Gasteiger partial charge in [0.1, 0.15) is 0 Å². The van der Waals surface area contributed by atoms with Crippen LogP contribution < -0.4 is 15.8 Å². The van der Waals surface area contributed by atoms with E-state index < -0.39 is 0 Å². The molecular weight excluding hydrogens is 210 g/mol. The predicted molar refractivity (Wildman–Crippen MR) is 58.3 cm³/mol. The number of hydrogen-bond donors (Lipinski definition) is 2. The van der Waals surface area contributed by atoms with Crippen molar-refractivity contribution in [1.29, 1.82) is 0 Å². The van der Waals surface area contributed by atoms with Crippen molar-refractivity contribution in [1.82, 2.24) is 15.0 Å². The molecule has 0 amide bonds. The summed E-state index contributed by atoms with van der Waals surface area (Å²) in [6, 6.07) is 0.211. The van der Waals surface area contributed by atoms with Crippen LogP contribution in [0.5, 0.6) is 6.01 Å². The third-order valence-corrected chi connectivity index (χ3v) is 2.33. The van der Waals surface area contributed by atoms with E-state index in [0.717, 1.165) is 19.4 Å². The van der Waals surface area contributed by atoms with Crippen LogP contribution >= 0.6 is 0 Å². The second kappa shape index (κ2) is 4.93. The lowest BCUT2D eigenvalue weighted by molar-refractivity contribution is 0.120. The molecule has 7 heteroatoms. The van der Waals surface area contributed by atoms with Gasteiger partial charge in [-0.2, -0.15) is 15.0 Å². The smallest absolute Gasteiger partial charge is 0.322 e. The number of nitrogens with one attached hydrogen (secondary N) is 1. The molecule has 2 rings (SSSR count). The topological polar surface area (TPSA) is 95.2 Å². The first kappa shape index (κ1) is 10.9. The van der Waals surface area contributed by atoms with Gasteiger partial charge in [-0.25, -0.2) is 0 Å². The standard InChI is InChI=1S/C9H15N5O2/c1-15-9-13-7(10)12-8(14-9)11-5-6-3-2-4-16-6/h6H,2-5H2,1H3,(H3,10,11,12,13,14). The Hall–Kier alpha value is -1.63. The van der Waals surface area contributed by atoms with Gasteiger partial charge in [-0.1, -0.05) is 0 Å². The molecule has 0 bridgehead atoms. The molecule has 0 spiro atoms. The molecule has 7 nitrogen and oxygen atoms in total. The highest BCUT2D eigenvalue weighted by molar-refractivity contribution is 5.32. The van der Waals surface area contributed by atoms with Gasteiger partial charge in [0.05, 0.1) is 13.2 Å². The molecule has 16 heavy (non-hydrogen) atoms. The summed E-state index contributed by atoms with van der Waals surface area (Å²) in [6.07, 6.45) is 2.39. The number of nitrogens with zero attached hydrogens (tertiary/aromatic N) is 3. The monoisotopic (exact) mass is 225 g/mol. The number of anilines is 2. The Balaban J connectivity index is 1.94. The molecule has 1 unspecified atom stereocenters. The largest absolute Gasteiger partial charge is 0.467 e. The Kier molecular flexibility index (Phi) is 3.35. The third kappa shape index (κ3) is 2.69. The van der Waals surface area contributed by atoms with Crippen LogP contribution in [-0.4, -0.2) is 41.3 Å². The molecule has 0 aromatic carbocycles. The van der Waals surface area contributed by atoms with E-state index in [2.05, 4.69) is 20.3 Å². The Morgan fingerprint density at radius 1 is 1.50 bits per heavy atom. The number of aromatic nitrogens is 3. The molecule has 0 aliphatic carbocycles. The van der Waals surface area contributed by atoms with Gasteiger partial charge in [-0.05, 0) is 12.8 Å². The zero-order valence-corrected chi connectivity index (χ0v) is 9.14. The summed E-state index contributed by atoms with van der Waals surface area (Å²) in [5.74, 6) is 0.557. The van der Waals surface area contributed by atoms with E-state index in [1.54, 1.807) is 0 Å². The number of methoxy groups -OCH3 is 1. The van der Waals surface area contributed by atoms with Crippen LogP contribution in [0.4, 0.5) is 11.9 Å². The van der Waals surface area contributed by atoms with E-state index in [4.69, 9.17) is 15.2 Å². The van der Waals surface area contributed by atoms with Crippen LogP contribution in [0.25, 0.3) is 0 Å². The molecule has 2 heterocycles. The van der Waals surface area contributed by atoms with Crippen molar-refractivity contribution in [3.8, 4) is 6.01 Å². The van der Waals surface area contributed by atoms with E-state index in [-0.39, 0.29) is 18.1 Å². The Morgan fingerprint density at radius 3 is 3.06 bits per heavy atom. The number of rotatable bonds is 4. The molecule has 1 aliphatic rings.